The molecule has 4 heteroatoms. The largest absolute Gasteiger partial charge is 0.287 e. The van der Waals surface area contributed by atoms with E-state index in [1.807, 2.05) is 48.5 Å². The molecule has 0 saturated carbocycles. The van der Waals surface area contributed by atoms with Crippen LogP contribution in [0.25, 0.3) is 0 Å². The van der Waals surface area contributed by atoms with Gasteiger partial charge in [0, 0.05) is 7.05 Å². The lowest BCUT2D eigenvalue weighted by molar-refractivity contribution is -0.120. The second-order valence-electron chi connectivity index (χ2n) is 4.21. The average Bonchev–Trinajstić information content (AvgIpc) is 2.40. The predicted octanol–water partition coefficient (Wildman–Crippen LogP) is 3.05. The van der Waals surface area contributed by atoms with Crippen LogP contribution in [0.3, 0.4) is 0 Å². The molecule has 0 aliphatic heterocycles. The summed E-state index contributed by atoms with van der Waals surface area (Å²) in [5.74, 6) is -0.0754. The summed E-state index contributed by atoms with van der Waals surface area (Å²) in [6.07, 6.45) is 0.343. The molecule has 1 N–H and O–H groups in total. The van der Waals surface area contributed by atoms with E-state index in [1.54, 1.807) is 18.1 Å². The molecule has 0 aliphatic carbocycles. The van der Waals surface area contributed by atoms with Crippen LogP contribution < -0.4 is 10.4 Å². The van der Waals surface area contributed by atoms with Crippen molar-refractivity contribution in [3.8, 4) is 0 Å². The standard InChI is InChI=1S/C15H15ClN2O/c1-18(14-10-6-5-9-13(14)16)17-15(19)11-12-7-3-2-4-8-12/h2-10H,11H2,1H3,(H,17,19). The normalized spacial score (nSPS) is 10.0. The Morgan fingerprint density at radius 1 is 1.11 bits per heavy atom. The Kier molecular flexibility index (Phi) is 4.42. The van der Waals surface area contributed by atoms with E-state index in [1.165, 1.54) is 0 Å². The number of hydrogen-bond acceptors (Lipinski definition) is 2. The van der Waals surface area contributed by atoms with Crippen molar-refractivity contribution in [3.63, 3.8) is 0 Å². The Morgan fingerprint density at radius 2 is 1.74 bits per heavy atom. The zero-order valence-corrected chi connectivity index (χ0v) is 11.4. The van der Waals surface area contributed by atoms with E-state index in [-0.39, 0.29) is 5.91 Å². The van der Waals surface area contributed by atoms with Crippen LogP contribution in [0.5, 0.6) is 0 Å². The monoisotopic (exact) mass is 274 g/mol. The quantitative estimate of drug-likeness (QED) is 0.869. The molecule has 0 aliphatic rings. The molecular formula is C15H15ClN2O. The van der Waals surface area contributed by atoms with Gasteiger partial charge in [0.1, 0.15) is 0 Å². The number of halogens is 1. The summed E-state index contributed by atoms with van der Waals surface area (Å²) in [7, 11) is 1.77. The van der Waals surface area contributed by atoms with Crippen LogP contribution in [0.4, 0.5) is 5.69 Å². The molecule has 0 heterocycles. The predicted molar refractivity (Wildman–Crippen MR) is 78.1 cm³/mol. The average molecular weight is 275 g/mol. The summed E-state index contributed by atoms with van der Waals surface area (Å²) >= 11 is 6.07. The topological polar surface area (TPSA) is 32.3 Å². The number of nitrogens with one attached hydrogen (secondary N) is 1. The van der Waals surface area contributed by atoms with Crippen LogP contribution in [0.2, 0.25) is 5.02 Å². The minimum atomic E-state index is -0.0754. The van der Waals surface area contributed by atoms with E-state index in [0.29, 0.717) is 11.4 Å². The number of hydrogen-bond donors (Lipinski definition) is 1. The molecule has 0 atom stereocenters. The lowest BCUT2D eigenvalue weighted by atomic mass is 10.1. The number of hydrazine groups is 1. The molecule has 0 radical (unpaired) electrons. The van der Waals surface area contributed by atoms with E-state index in [0.717, 1.165) is 11.3 Å². The van der Waals surface area contributed by atoms with Gasteiger partial charge in [-0.15, -0.1) is 0 Å². The molecule has 0 bridgehead atoms. The van der Waals surface area contributed by atoms with Crippen LogP contribution in [-0.4, -0.2) is 13.0 Å². The van der Waals surface area contributed by atoms with Crippen LogP contribution in [0, 0.1) is 0 Å². The number of amides is 1. The highest BCUT2D eigenvalue weighted by Gasteiger charge is 2.09. The molecule has 19 heavy (non-hydrogen) atoms. The summed E-state index contributed by atoms with van der Waals surface area (Å²) in [4.78, 5) is 11.9. The van der Waals surface area contributed by atoms with Crippen LogP contribution in [0.15, 0.2) is 54.6 Å². The maximum Gasteiger partial charge on any atom is 0.242 e. The zero-order chi connectivity index (χ0) is 13.7. The van der Waals surface area contributed by atoms with E-state index in [2.05, 4.69) is 5.43 Å². The molecule has 2 rings (SSSR count). The van der Waals surface area contributed by atoms with Crippen LogP contribution >= 0.6 is 11.6 Å². The fourth-order valence-electron chi connectivity index (χ4n) is 1.79. The van der Waals surface area contributed by atoms with Gasteiger partial charge >= 0.3 is 0 Å². The Labute approximate surface area is 117 Å². The summed E-state index contributed by atoms with van der Waals surface area (Å²) in [6, 6.07) is 17.0. The Hall–Kier alpha value is -2.00. The van der Waals surface area contributed by atoms with Gasteiger partial charge < -0.3 is 0 Å². The van der Waals surface area contributed by atoms with E-state index in [4.69, 9.17) is 11.6 Å². The first-order chi connectivity index (χ1) is 9.16. The first-order valence-electron chi connectivity index (χ1n) is 5.98. The molecule has 1 amide bonds. The van der Waals surface area contributed by atoms with Gasteiger partial charge in [0.15, 0.2) is 0 Å². The fraction of sp³-hybridized carbons (Fsp3) is 0.133. The lowest BCUT2D eigenvalue weighted by Gasteiger charge is -2.21. The van der Waals surface area contributed by atoms with E-state index in [9.17, 15) is 4.79 Å². The number of carbonyl (C=O) groups excluding carboxylic acids is 1. The molecule has 0 saturated heterocycles. The lowest BCUT2D eigenvalue weighted by Crippen LogP contribution is -2.40. The minimum Gasteiger partial charge on any atom is -0.287 e. The first-order valence-corrected chi connectivity index (χ1v) is 6.36. The third kappa shape index (κ3) is 3.73. The summed E-state index contributed by atoms with van der Waals surface area (Å²) in [6.45, 7) is 0. The van der Waals surface area contributed by atoms with Crippen molar-refractivity contribution in [1.82, 2.24) is 5.43 Å². The van der Waals surface area contributed by atoms with E-state index >= 15 is 0 Å². The molecule has 98 valence electrons. The van der Waals surface area contributed by atoms with E-state index < -0.39 is 0 Å². The molecule has 3 nitrogen and oxygen atoms in total. The van der Waals surface area contributed by atoms with Crippen molar-refractivity contribution in [3.05, 3.63) is 65.2 Å². The minimum absolute atomic E-state index is 0.0754. The summed E-state index contributed by atoms with van der Waals surface area (Å²) in [5.41, 5.74) is 4.54. The van der Waals surface area contributed by atoms with Gasteiger partial charge in [0.05, 0.1) is 17.1 Å². The number of anilines is 1. The first kappa shape index (κ1) is 13.4. The van der Waals surface area contributed by atoms with Gasteiger partial charge in [-0.2, -0.15) is 0 Å². The summed E-state index contributed by atoms with van der Waals surface area (Å²) in [5, 5.41) is 2.23. The van der Waals surface area contributed by atoms with Crippen molar-refractivity contribution in [1.29, 1.82) is 0 Å². The molecule has 0 fully saturated rings. The number of nitrogens with zero attached hydrogens (tertiary/aromatic N) is 1. The van der Waals surface area contributed by atoms with Gasteiger partial charge in [-0.25, -0.2) is 0 Å². The SMILES string of the molecule is CN(NC(=O)Cc1ccccc1)c1ccccc1Cl. The molecule has 2 aromatic carbocycles. The van der Waals surface area contributed by atoms with Crippen molar-refractivity contribution in [2.24, 2.45) is 0 Å². The van der Waals surface area contributed by atoms with Gasteiger partial charge in [0.25, 0.3) is 0 Å². The fourth-order valence-corrected chi connectivity index (χ4v) is 2.05. The second-order valence-corrected chi connectivity index (χ2v) is 4.61. The van der Waals surface area contributed by atoms with Crippen LogP contribution in [0.1, 0.15) is 5.56 Å². The maximum atomic E-state index is 11.9. The Balaban J connectivity index is 1.98. The van der Waals surface area contributed by atoms with Crippen molar-refractivity contribution in [2.75, 3.05) is 12.1 Å². The van der Waals surface area contributed by atoms with Gasteiger partial charge in [0.2, 0.25) is 5.91 Å². The molecule has 0 unspecified atom stereocenters. The third-order valence-corrected chi connectivity index (χ3v) is 3.03. The zero-order valence-electron chi connectivity index (χ0n) is 10.6. The number of benzene rings is 2. The molecule has 0 spiro atoms. The third-order valence-electron chi connectivity index (χ3n) is 2.71. The van der Waals surface area contributed by atoms with Crippen molar-refractivity contribution in [2.45, 2.75) is 6.42 Å². The van der Waals surface area contributed by atoms with Crippen molar-refractivity contribution < 1.29 is 4.79 Å². The summed E-state index contributed by atoms with van der Waals surface area (Å²) < 4.78 is 0. The molecular weight excluding hydrogens is 260 g/mol. The highest BCUT2D eigenvalue weighted by Crippen LogP contribution is 2.22. The smallest absolute Gasteiger partial charge is 0.242 e. The van der Waals surface area contributed by atoms with Crippen LogP contribution in [-0.2, 0) is 11.2 Å². The van der Waals surface area contributed by atoms with Gasteiger partial charge in [-0.3, -0.25) is 15.2 Å². The highest BCUT2D eigenvalue weighted by atomic mass is 35.5. The van der Waals surface area contributed by atoms with Crippen molar-refractivity contribution >= 4 is 23.2 Å². The Morgan fingerprint density at radius 3 is 2.42 bits per heavy atom. The maximum absolute atomic E-state index is 11.9. The van der Waals surface area contributed by atoms with Gasteiger partial charge in [-0.1, -0.05) is 54.1 Å². The number of para-hydroxylation sites is 1. The highest BCUT2D eigenvalue weighted by molar-refractivity contribution is 6.33. The second kappa shape index (κ2) is 6.25. The van der Waals surface area contributed by atoms with Gasteiger partial charge in [-0.05, 0) is 17.7 Å². The number of carbonyl (C=O) groups is 1. The Bertz CT molecular complexity index is 557. The number of rotatable bonds is 4. The molecule has 0 aromatic heterocycles. The molecule has 2 aromatic rings.